The highest BCUT2D eigenvalue weighted by molar-refractivity contribution is 5.80. The van der Waals surface area contributed by atoms with Crippen molar-refractivity contribution in [1.29, 1.82) is 0 Å². The highest BCUT2D eigenvalue weighted by Gasteiger charge is 2.07. The van der Waals surface area contributed by atoms with E-state index in [9.17, 15) is 0 Å². The number of hydrogen-bond acceptors (Lipinski definition) is 5. The summed E-state index contributed by atoms with van der Waals surface area (Å²) in [7, 11) is 0. The van der Waals surface area contributed by atoms with Crippen LogP contribution >= 0.6 is 0 Å². The molecule has 0 bridgehead atoms. The molecule has 4 rings (SSSR count). The normalized spacial score (nSPS) is 11.0. The number of fused-ring (bicyclic) bond motifs is 1. The molecule has 26 heavy (non-hydrogen) atoms. The number of aryl methyl sites for hydroxylation is 2. The number of nitrogens with zero attached hydrogens (tertiary/aromatic N) is 4. The lowest BCUT2D eigenvalue weighted by atomic mass is 10.1. The van der Waals surface area contributed by atoms with Gasteiger partial charge in [-0.05, 0) is 56.3 Å². The number of hydrogen-bond donors (Lipinski definition) is 1. The van der Waals surface area contributed by atoms with E-state index in [1.807, 2.05) is 62.4 Å². The molecule has 0 aliphatic carbocycles. The van der Waals surface area contributed by atoms with E-state index in [0.29, 0.717) is 6.54 Å². The van der Waals surface area contributed by atoms with Gasteiger partial charge in [0.1, 0.15) is 0 Å². The summed E-state index contributed by atoms with van der Waals surface area (Å²) in [6.07, 6.45) is 1.81. The second-order valence-corrected chi connectivity index (χ2v) is 6.32. The summed E-state index contributed by atoms with van der Waals surface area (Å²) in [4.78, 5) is 18.3. The Morgan fingerprint density at radius 2 is 1.54 bits per heavy atom. The molecule has 0 spiro atoms. The Balaban J connectivity index is 1.79. The zero-order valence-corrected chi connectivity index (χ0v) is 14.8. The summed E-state index contributed by atoms with van der Waals surface area (Å²) in [5.74, 6) is 0. The first-order valence-electron chi connectivity index (χ1n) is 8.51. The Kier molecular flexibility index (Phi) is 4.14. The van der Waals surface area contributed by atoms with Crippen LogP contribution in [0.25, 0.3) is 33.5 Å². The molecule has 5 nitrogen and oxygen atoms in total. The molecule has 0 amide bonds. The van der Waals surface area contributed by atoms with Crippen LogP contribution in [0, 0.1) is 13.8 Å². The summed E-state index contributed by atoms with van der Waals surface area (Å²) in [5, 5.41) is 0.988. The SMILES string of the molecule is Cc1cc(-c2cccc(-c3ccc4cnc(CN)cc4n3)n2)cc(C)n1. The quantitative estimate of drug-likeness (QED) is 0.613. The fraction of sp³-hybridized carbons (Fsp3) is 0.143. The average Bonchev–Trinajstić information content (AvgIpc) is 2.66. The molecule has 0 fully saturated rings. The number of aromatic nitrogens is 4. The molecular weight excluding hydrogens is 322 g/mol. The van der Waals surface area contributed by atoms with Crippen molar-refractivity contribution in [3.63, 3.8) is 0 Å². The summed E-state index contributed by atoms with van der Waals surface area (Å²) >= 11 is 0. The van der Waals surface area contributed by atoms with E-state index in [4.69, 9.17) is 15.7 Å². The zero-order chi connectivity index (χ0) is 18.1. The van der Waals surface area contributed by atoms with Crippen molar-refractivity contribution in [2.24, 2.45) is 5.73 Å². The Labute approximate surface area is 152 Å². The van der Waals surface area contributed by atoms with Crippen LogP contribution in [0.5, 0.6) is 0 Å². The molecule has 2 N–H and O–H groups in total. The molecular formula is C21H19N5. The standard InChI is InChI=1S/C21H19N5/c1-13-8-16(9-14(2)24-13)18-4-3-5-19(25-18)20-7-6-15-12-23-17(11-22)10-21(15)26-20/h3-10,12H,11,22H2,1-2H3. The second-order valence-electron chi connectivity index (χ2n) is 6.32. The molecule has 0 saturated carbocycles. The average molecular weight is 341 g/mol. The molecule has 5 heteroatoms. The molecule has 0 radical (unpaired) electrons. The van der Waals surface area contributed by atoms with Gasteiger partial charge in [-0.25, -0.2) is 9.97 Å². The van der Waals surface area contributed by atoms with Crippen LogP contribution in [0.4, 0.5) is 0 Å². The van der Waals surface area contributed by atoms with Crippen molar-refractivity contribution in [2.75, 3.05) is 0 Å². The van der Waals surface area contributed by atoms with Gasteiger partial charge in [-0.3, -0.25) is 9.97 Å². The third-order valence-electron chi connectivity index (χ3n) is 4.23. The number of nitrogens with two attached hydrogens (primary N) is 1. The van der Waals surface area contributed by atoms with Gasteiger partial charge in [-0.15, -0.1) is 0 Å². The van der Waals surface area contributed by atoms with E-state index in [-0.39, 0.29) is 0 Å². The molecule has 0 aromatic carbocycles. The molecule has 0 unspecified atom stereocenters. The van der Waals surface area contributed by atoms with Gasteiger partial charge < -0.3 is 5.73 Å². The maximum Gasteiger partial charge on any atom is 0.0894 e. The van der Waals surface area contributed by atoms with Crippen LogP contribution in [0.15, 0.2) is 54.7 Å². The predicted molar refractivity (Wildman–Crippen MR) is 103 cm³/mol. The van der Waals surface area contributed by atoms with Crippen molar-refractivity contribution in [1.82, 2.24) is 19.9 Å². The third-order valence-corrected chi connectivity index (χ3v) is 4.23. The minimum absolute atomic E-state index is 0.399. The van der Waals surface area contributed by atoms with Crippen molar-refractivity contribution in [3.8, 4) is 22.6 Å². The summed E-state index contributed by atoms with van der Waals surface area (Å²) < 4.78 is 0. The molecule has 0 aliphatic rings. The van der Waals surface area contributed by atoms with Crippen LogP contribution in [-0.4, -0.2) is 19.9 Å². The number of rotatable bonds is 3. The summed E-state index contributed by atoms with van der Waals surface area (Å²) in [6.45, 7) is 4.39. The monoisotopic (exact) mass is 341 g/mol. The first-order valence-corrected chi connectivity index (χ1v) is 8.51. The lowest BCUT2D eigenvalue weighted by Gasteiger charge is -2.07. The second kappa shape index (κ2) is 6.61. The van der Waals surface area contributed by atoms with Crippen molar-refractivity contribution >= 4 is 10.9 Å². The van der Waals surface area contributed by atoms with Crippen molar-refractivity contribution in [2.45, 2.75) is 20.4 Å². The predicted octanol–water partition coefficient (Wildman–Crippen LogP) is 3.83. The Morgan fingerprint density at radius 1 is 0.808 bits per heavy atom. The topological polar surface area (TPSA) is 77.6 Å². The zero-order valence-electron chi connectivity index (χ0n) is 14.8. The highest BCUT2D eigenvalue weighted by Crippen LogP contribution is 2.24. The van der Waals surface area contributed by atoms with Crippen LogP contribution < -0.4 is 5.73 Å². The Morgan fingerprint density at radius 3 is 2.31 bits per heavy atom. The van der Waals surface area contributed by atoms with E-state index in [1.165, 1.54) is 0 Å². The van der Waals surface area contributed by atoms with E-state index >= 15 is 0 Å². The molecule has 0 saturated heterocycles. The van der Waals surface area contributed by atoms with Gasteiger partial charge >= 0.3 is 0 Å². The smallest absolute Gasteiger partial charge is 0.0894 e. The highest BCUT2D eigenvalue weighted by atomic mass is 14.8. The lowest BCUT2D eigenvalue weighted by Crippen LogP contribution is -1.99. The van der Waals surface area contributed by atoms with Crippen LogP contribution in [0.1, 0.15) is 17.1 Å². The summed E-state index contributed by atoms with van der Waals surface area (Å²) in [5.41, 5.74) is 13.0. The first-order chi connectivity index (χ1) is 12.6. The minimum Gasteiger partial charge on any atom is -0.325 e. The van der Waals surface area contributed by atoms with E-state index in [0.717, 1.165) is 50.6 Å². The maximum atomic E-state index is 5.69. The molecule has 4 heterocycles. The van der Waals surface area contributed by atoms with Crippen molar-refractivity contribution < 1.29 is 0 Å². The fourth-order valence-electron chi connectivity index (χ4n) is 3.03. The molecule has 0 atom stereocenters. The van der Waals surface area contributed by atoms with Gasteiger partial charge in [0, 0.05) is 35.1 Å². The lowest BCUT2D eigenvalue weighted by molar-refractivity contribution is 0.996. The maximum absolute atomic E-state index is 5.69. The molecule has 4 aromatic rings. The molecule has 0 aliphatic heterocycles. The third kappa shape index (κ3) is 3.17. The van der Waals surface area contributed by atoms with E-state index < -0.39 is 0 Å². The van der Waals surface area contributed by atoms with Crippen molar-refractivity contribution in [3.05, 3.63) is 71.8 Å². The number of pyridine rings is 4. The van der Waals surface area contributed by atoms with Gasteiger partial charge in [0.05, 0.1) is 28.3 Å². The molecule has 128 valence electrons. The van der Waals surface area contributed by atoms with Gasteiger partial charge in [-0.1, -0.05) is 6.07 Å². The van der Waals surface area contributed by atoms with E-state index in [1.54, 1.807) is 6.20 Å². The summed E-state index contributed by atoms with van der Waals surface area (Å²) in [6, 6.07) is 16.0. The fourth-order valence-corrected chi connectivity index (χ4v) is 3.03. The van der Waals surface area contributed by atoms with Crippen LogP contribution in [0.3, 0.4) is 0 Å². The first kappa shape index (κ1) is 16.3. The Hall–Kier alpha value is -3.18. The minimum atomic E-state index is 0.399. The Bertz CT molecular complexity index is 1080. The van der Waals surface area contributed by atoms with Gasteiger partial charge in [0.2, 0.25) is 0 Å². The molecule has 4 aromatic heterocycles. The largest absolute Gasteiger partial charge is 0.325 e. The van der Waals surface area contributed by atoms with Gasteiger partial charge in [-0.2, -0.15) is 0 Å². The van der Waals surface area contributed by atoms with Gasteiger partial charge in [0.25, 0.3) is 0 Å². The van der Waals surface area contributed by atoms with E-state index in [2.05, 4.69) is 9.97 Å². The van der Waals surface area contributed by atoms with Crippen LogP contribution in [0.2, 0.25) is 0 Å². The van der Waals surface area contributed by atoms with Gasteiger partial charge in [0.15, 0.2) is 0 Å². The van der Waals surface area contributed by atoms with Crippen LogP contribution in [-0.2, 0) is 6.54 Å².